The number of rotatable bonds is 7. The van der Waals surface area contributed by atoms with Gasteiger partial charge in [-0.3, -0.25) is 9.59 Å². The number of carbonyl (C=O) groups is 3. The fourth-order valence-electron chi connectivity index (χ4n) is 2.01. The van der Waals surface area contributed by atoms with E-state index in [1.165, 1.54) is 37.6 Å². The van der Waals surface area contributed by atoms with Gasteiger partial charge in [0.05, 0.1) is 31.4 Å². The normalized spacial score (nSPS) is 10.3. The monoisotopic (exact) mass is 354 g/mol. The topological polar surface area (TPSA) is 120 Å². The third kappa shape index (κ3) is 5.17. The number of amides is 2. The molecule has 0 saturated carbocycles. The molecule has 0 aliphatic rings. The number of hydrogen-bond acceptors (Lipinski definition) is 6. The number of methoxy groups -OCH3 is 1. The Labute approximate surface area is 149 Å². The summed E-state index contributed by atoms with van der Waals surface area (Å²) in [6.07, 6.45) is 1.35. The third-order valence-electron chi connectivity index (χ3n) is 3.31. The van der Waals surface area contributed by atoms with Crippen LogP contribution in [0.4, 0.5) is 0 Å². The number of nitrogens with one attached hydrogen (secondary N) is 2. The zero-order chi connectivity index (χ0) is 18.9. The summed E-state index contributed by atoms with van der Waals surface area (Å²) in [6.45, 7) is -0.266. The minimum absolute atomic E-state index is 0.0465. The first-order valence-corrected chi connectivity index (χ1v) is 7.56. The van der Waals surface area contributed by atoms with Crippen LogP contribution in [0.25, 0.3) is 0 Å². The summed E-state index contributed by atoms with van der Waals surface area (Å²) in [4.78, 5) is 34.4. The molecule has 0 atom stereocenters. The molecule has 2 aromatic rings. The number of carboxylic acids is 1. The lowest BCUT2D eigenvalue weighted by Crippen LogP contribution is -2.35. The Morgan fingerprint density at radius 1 is 1.12 bits per heavy atom. The van der Waals surface area contributed by atoms with Gasteiger partial charge in [0.2, 0.25) is 0 Å². The first-order chi connectivity index (χ1) is 12.5. The molecule has 0 radical (unpaired) electrons. The molecular weight excluding hydrogens is 338 g/mol. The van der Waals surface area contributed by atoms with Crippen LogP contribution in [0, 0.1) is 0 Å². The van der Waals surface area contributed by atoms with Crippen LogP contribution in [0.1, 0.15) is 26.3 Å². The molecule has 2 aromatic carbocycles. The molecule has 0 spiro atoms. The van der Waals surface area contributed by atoms with E-state index in [2.05, 4.69) is 15.8 Å². The highest BCUT2D eigenvalue weighted by Gasteiger charge is 2.12. The van der Waals surface area contributed by atoms with Gasteiger partial charge < -0.3 is 20.0 Å². The maximum Gasteiger partial charge on any atom is 0.259 e. The Morgan fingerprint density at radius 2 is 1.81 bits per heavy atom. The molecule has 8 heteroatoms. The van der Waals surface area contributed by atoms with Gasteiger partial charge in [0, 0.05) is 0 Å². The number of carbonyl (C=O) groups excluding carboxylic acids is 3. The summed E-state index contributed by atoms with van der Waals surface area (Å²) in [5.74, 6) is -1.83. The van der Waals surface area contributed by atoms with Gasteiger partial charge in [0.1, 0.15) is 5.75 Å². The van der Waals surface area contributed by atoms with Crippen molar-refractivity contribution >= 4 is 24.0 Å². The van der Waals surface area contributed by atoms with Gasteiger partial charge in [0.25, 0.3) is 11.8 Å². The number of hydrogen-bond donors (Lipinski definition) is 2. The first kappa shape index (κ1) is 18.7. The number of para-hydroxylation sites is 1. The van der Waals surface area contributed by atoms with Crippen LogP contribution in [-0.4, -0.2) is 37.7 Å². The summed E-state index contributed by atoms with van der Waals surface area (Å²) < 4.78 is 5.08. The van der Waals surface area contributed by atoms with Gasteiger partial charge in [-0.2, -0.15) is 5.10 Å². The van der Waals surface area contributed by atoms with E-state index >= 15 is 0 Å². The molecule has 134 valence electrons. The van der Waals surface area contributed by atoms with Crippen molar-refractivity contribution in [1.82, 2.24) is 10.7 Å². The van der Waals surface area contributed by atoms with Gasteiger partial charge in [-0.05, 0) is 23.3 Å². The molecule has 8 nitrogen and oxygen atoms in total. The van der Waals surface area contributed by atoms with Crippen LogP contribution < -0.4 is 20.6 Å². The minimum Gasteiger partial charge on any atom is -0.545 e. The van der Waals surface area contributed by atoms with E-state index in [0.29, 0.717) is 16.9 Å². The number of aromatic carboxylic acids is 1. The predicted molar refractivity (Wildman–Crippen MR) is 91.8 cm³/mol. The Morgan fingerprint density at radius 3 is 2.46 bits per heavy atom. The van der Waals surface area contributed by atoms with Crippen molar-refractivity contribution in [2.45, 2.75) is 0 Å². The van der Waals surface area contributed by atoms with E-state index in [4.69, 9.17) is 4.74 Å². The van der Waals surface area contributed by atoms with E-state index in [9.17, 15) is 19.5 Å². The van der Waals surface area contributed by atoms with Crippen LogP contribution in [0.3, 0.4) is 0 Å². The number of carboxylic acid groups (broad SMARTS) is 1. The quantitative estimate of drug-likeness (QED) is 0.533. The fourth-order valence-corrected chi connectivity index (χ4v) is 2.01. The molecule has 26 heavy (non-hydrogen) atoms. The molecule has 0 aliphatic carbocycles. The third-order valence-corrected chi connectivity index (χ3v) is 3.31. The van der Waals surface area contributed by atoms with Gasteiger partial charge in [0.15, 0.2) is 0 Å². The second-order valence-electron chi connectivity index (χ2n) is 5.09. The van der Waals surface area contributed by atoms with Crippen molar-refractivity contribution in [3.8, 4) is 5.75 Å². The van der Waals surface area contributed by atoms with Gasteiger partial charge in [-0.15, -0.1) is 0 Å². The molecule has 0 bridgehead atoms. The Hall–Kier alpha value is -3.68. The fraction of sp³-hybridized carbons (Fsp3) is 0.111. The summed E-state index contributed by atoms with van der Waals surface area (Å²) in [5, 5.41) is 16.8. The molecule has 0 heterocycles. The highest BCUT2D eigenvalue weighted by Crippen LogP contribution is 2.16. The molecule has 0 saturated heterocycles. The molecule has 0 aromatic heterocycles. The van der Waals surface area contributed by atoms with Crippen molar-refractivity contribution in [1.29, 1.82) is 0 Å². The SMILES string of the molecule is COc1ccccc1C(=O)NCC(=O)N/N=C\c1ccc(C(=O)[O-])cc1. The minimum atomic E-state index is -1.27. The molecule has 0 unspecified atom stereocenters. The summed E-state index contributed by atoms with van der Waals surface area (Å²) in [5.41, 5.74) is 3.22. The highest BCUT2D eigenvalue weighted by atomic mass is 16.5. The zero-order valence-corrected chi connectivity index (χ0v) is 13.9. The molecule has 0 fully saturated rings. The van der Waals surface area contributed by atoms with E-state index in [0.717, 1.165) is 0 Å². The zero-order valence-electron chi connectivity index (χ0n) is 13.9. The van der Waals surface area contributed by atoms with Crippen molar-refractivity contribution in [2.75, 3.05) is 13.7 Å². The second-order valence-corrected chi connectivity index (χ2v) is 5.09. The smallest absolute Gasteiger partial charge is 0.259 e. The van der Waals surface area contributed by atoms with Crippen LogP contribution >= 0.6 is 0 Å². The van der Waals surface area contributed by atoms with Crippen molar-refractivity contribution in [2.24, 2.45) is 5.10 Å². The summed E-state index contributed by atoms with van der Waals surface area (Å²) in [7, 11) is 1.45. The Balaban J connectivity index is 1.83. The Bertz CT molecular complexity index is 831. The largest absolute Gasteiger partial charge is 0.545 e. The lowest BCUT2D eigenvalue weighted by molar-refractivity contribution is -0.255. The van der Waals surface area contributed by atoms with Gasteiger partial charge in [-0.1, -0.05) is 36.4 Å². The summed E-state index contributed by atoms with van der Waals surface area (Å²) >= 11 is 0. The number of benzene rings is 2. The molecule has 2 amide bonds. The highest BCUT2D eigenvalue weighted by molar-refractivity contribution is 5.98. The maximum absolute atomic E-state index is 12.0. The van der Waals surface area contributed by atoms with Crippen LogP contribution in [-0.2, 0) is 4.79 Å². The van der Waals surface area contributed by atoms with Crippen molar-refractivity contribution < 1.29 is 24.2 Å². The first-order valence-electron chi connectivity index (χ1n) is 7.56. The average molecular weight is 354 g/mol. The Kier molecular flexibility index (Phi) is 6.44. The van der Waals surface area contributed by atoms with Crippen LogP contribution in [0.15, 0.2) is 53.6 Å². The molecule has 2 N–H and O–H groups in total. The molecule has 2 rings (SSSR count). The van der Waals surface area contributed by atoms with E-state index in [1.54, 1.807) is 24.3 Å². The summed E-state index contributed by atoms with van der Waals surface area (Å²) in [6, 6.07) is 12.4. The van der Waals surface area contributed by atoms with Crippen LogP contribution in [0.2, 0.25) is 0 Å². The average Bonchev–Trinajstić information content (AvgIpc) is 2.66. The molecular formula is C18H16N3O5-. The predicted octanol–water partition coefficient (Wildman–Crippen LogP) is -0.0612. The molecule has 0 aliphatic heterocycles. The number of hydrazone groups is 1. The lowest BCUT2D eigenvalue weighted by Gasteiger charge is -2.08. The van der Waals surface area contributed by atoms with Crippen molar-refractivity contribution in [3.63, 3.8) is 0 Å². The maximum atomic E-state index is 12.0. The van der Waals surface area contributed by atoms with Gasteiger partial charge in [-0.25, -0.2) is 5.43 Å². The standard InChI is InChI=1S/C18H17N3O5/c1-26-15-5-3-2-4-14(15)17(23)19-11-16(22)21-20-10-12-6-8-13(9-7-12)18(24)25/h2-10H,11H2,1H3,(H,19,23)(H,21,22)(H,24,25)/p-1/b20-10-. The van der Waals surface area contributed by atoms with Crippen LogP contribution in [0.5, 0.6) is 5.75 Å². The van der Waals surface area contributed by atoms with E-state index in [-0.39, 0.29) is 12.1 Å². The number of ether oxygens (including phenoxy) is 1. The van der Waals surface area contributed by atoms with E-state index < -0.39 is 17.8 Å². The number of nitrogens with zero attached hydrogens (tertiary/aromatic N) is 1. The van der Waals surface area contributed by atoms with Crippen molar-refractivity contribution in [3.05, 3.63) is 65.2 Å². The van der Waals surface area contributed by atoms with E-state index in [1.807, 2.05) is 0 Å². The van der Waals surface area contributed by atoms with Gasteiger partial charge >= 0.3 is 0 Å². The second kappa shape index (κ2) is 8.97. The lowest BCUT2D eigenvalue weighted by atomic mass is 10.1.